The summed E-state index contributed by atoms with van der Waals surface area (Å²) in [6, 6.07) is 15.2. The predicted molar refractivity (Wildman–Crippen MR) is 109 cm³/mol. The van der Waals surface area contributed by atoms with E-state index in [0.717, 1.165) is 27.2 Å². The first-order valence-electron chi connectivity index (χ1n) is 8.36. The number of fused-ring (bicyclic) bond motifs is 1. The second-order valence-corrected chi connectivity index (χ2v) is 7.24. The minimum absolute atomic E-state index is 0.0836. The van der Waals surface area contributed by atoms with Gasteiger partial charge in [-0.2, -0.15) is 5.26 Å². The van der Waals surface area contributed by atoms with E-state index in [1.54, 1.807) is 17.0 Å². The van der Waals surface area contributed by atoms with Gasteiger partial charge < -0.3 is 4.90 Å². The lowest BCUT2D eigenvalue weighted by Gasteiger charge is -2.22. The van der Waals surface area contributed by atoms with Gasteiger partial charge in [-0.3, -0.25) is 4.79 Å². The summed E-state index contributed by atoms with van der Waals surface area (Å²) in [4.78, 5) is 23.1. The van der Waals surface area contributed by atoms with Crippen LogP contribution < -0.4 is 4.90 Å². The normalized spacial score (nSPS) is 10.6. The topological polar surface area (TPSA) is 69.9 Å². The Balaban J connectivity index is 1.80. The molecule has 27 heavy (non-hydrogen) atoms. The number of thioether (sulfide) groups is 1. The highest BCUT2D eigenvalue weighted by Crippen LogP contribution is 2.27. The summed E-state index contributed by atoms with van der Waals surface area (Å²) >= 11 is 7.46. The average molecular weight is 397 g/mol. The highest BCUT2D eigenvalue weighted by molar-refractivity contribution is 8.00. The molecule has 0 aliphatic rings. The number of carbonyl (C=O) groups excluding carboxylic acids is 1. The number of carbonyl (C=O) groups is 1. The number of halogens is 1. The smallest absolute Gasteiger partial charge is 0.237 e. The van der Waals surface area contributed by atoms with E-state index in [-0.39, 0.29) is 18.1 Å². The second kappa shape index (κ2) is 8.85. The third-order valence-electron chi connectivity index (χ3n) is 4.04. The van der Waals surface area contributed by atoms with Crippen LogP contribution in [0.1, 0.15) is 12.0 Å². The highest BCUT2D eigenvalue weighted by atomic mass is 35.5. The molecule has 1 amide bonds. The summed E-state index contributed by atoms with van der Waals surface area (Å²) in [5, 5.41) is 11.3. The molecule has 0 aliphatic carbocycles. The zero-order valence-corrected chi connectivity index (χ0v) is 16.3. The standard InChI is InChI=1S/C20H17ClN4OS/c1-14-11-15(7-8-17(14)21)25(10-4-9-22)19(26)12-27-20-16-5-2-3-6-18(16)23-13-24-20/h2-3,5-8,11,13H,4,10,12H2,1H3. The van der Waals surface area contributed by atoms with E-state index >= 15 is 0 Å². The number of aromatic nitrogens is 2. The minimum atomic E-state index is -0.0836. The van der Waals surface area contributed by atoms with Crippen LogP contribution in [0, 0.1) is 18.3 Å². The first-order valence-corrected chi connectivity index (χ1v) is 9.72. The fraction of sp³-hybridized carbons (Fsp3) is 0.200. The van der Waals surface area contributed by atoms with Gasteiger partial charge in [0.25, 0.3) is 0 Å². The number of anilines is 1. The molecule has 0 fully saturated rings. The van der Waals surface area contributed by atoms with Gasteiger partial charge in [0.05, 0.1) is 23.8 Å². The third kappa shape index (κ3) is 4.57. The van der Waals surface area contributed by atoms with Gasteiger partial charge in [-0.25, -0.2) is 9.97 Å². The maximum absolute atomic E-state index is 12.9. The van der Waals surface area contributed by atoms with Gasteiger partial charge in [0.1, 0.15) is 11.4 Å². The first-order chi connectivity index (χ1) is 13.1. The third-order valence-corrected chi connectivity index (χ3v) is 5.45. The summed E-state index contributed by atoms with van der Waals surface area (Å²) in [6.45, 7) is 2.22. The quantitative estimate of drug-likeness (QED) is 0.448. The van der Waals surface area contributed by atoms with Gasteiger partial charge in [-0.1, -0.05) is 41.6 Å². The van der Waals surface area contributed by atoms with E-state index < -0.39 is 0 Å². The molecule has 0 unspecified atom stereocenters. The van der Waals surface area contributed by atoms with Gasteiger partial charge >= 0.3 is 0 Å². The summed E-state index contributed by atoms with van der Waals surface area (Å²) in [6.07, 6.45) is 1.76. The number of para-hydroxylation sites is 1. The van der Waals surface area contributed by atoms with Gasteiger partial charge in [-0.15, -0.1) is 0 Å². The zero-order valence-electron chi connectivity index (χ0n) is 14.7. The Morgan fingerprint density at radius 2 is 2.07 bits per heavy atom. The van der Waals surface area contributed by atoms with Crippen LogP contribution in [0.25, 0.3) is 10.9 Å². The fourth-order valence-corrected chi connectivity index (χ4v) is 3.64. The molecular weight excluding hydrogens is 380 g/mol. The molecule has 0 saturated carbocycles. The predicted octanol–water partition coefficient (Wildman–Crippen LogP) is 4.63. The Hall–Kier alpha value is -2.62. The largest absolute Gasteiger partial charge is 0.311 e. The van der Waals surface area contributed by atoms with Gasteiger partial charge in [-0.05, 0) is 36.8 Å². The number of nitriles is 1. The molecule has 0 spiro atoms. The average Bonchev–Trinajstić information content (AvgIpc) is 2.69. The van der Waals surface area contributed by atoms with Crippen molar-refractivity contribution in [1.82, 2.24) is 9.97 Å². The molecule has 7 heteroatoms. The Bertz CT molecular complexity index is 1010. The van der Waals surface area contributed by atoms with Crippen LogP contribution in [0.5, 0.6) is 0 Å². The molecular formula is C20H17ClN4OS. The molecule has 1 heterocycles. The molecule has 0 aliphatic heterocycles. The lowest BCUT2D eigenvalue weighted by atomic mass is 10.2. The van der Waals surface area contributed by atoms with Crippen molar-refractivity contribution < 1.29 is 4.79 Å². The van der Waals surface area contributed by atoms with Crippen LogP contribution in [0.15, 0.2) is 53.8 Å². The highest BCUT2D eigenvalue weighted by Gasteiger charge is 2.17. The molecule has 0 saturated heterocycles. The number of benzene rings is 2. The number of rotatable bonds is 6. The van der Waals surface area contributed by atoms with E-state index in [4.69, 9.17) is 16.9 Å². The van der Waals surface area contributed by atoms with Crippen LogP contribution in [0.2, 0.25) is 5.02 Å². The van der Waals surface area contributed by atoms with Crippen molar-refractivity contribution in [2.75, 3.05) is 17.2 Å². The van der Waals surface area contributed by atoms with Crippen molar-refractivity contribution in [3.8, 4) is 6.07 Å². The Kier molecular flexibility index (Phi) is 6.28. The zero-order chi connectivity index (χ0) is 19.2. The van der Waals surface area contributed by atoms with Crippen LogP contribution >= 0.6 is 23.4 Å². The van der Waals surface area contributed by atoms with Crippen molar-refractivity contribution in [2.45, 2.75) is 18.4 Å². The summed E-state index contributed by atoms with van der Waals surface area (Å²) in [7, 11) is 0. The first kappa shape index (κ1) is 19.2. The molecule has 3 rings (SSSR count). The number of aryl methyl sites for hydroxylation is 1. The number of amides is 1. The molecule has 1 aromatic heterocycles. The molecule has 2 aromatic carbocycles. The number of nitrogens with zero attached hydrogens (tertiary/aromatic N) is 4. The fourth-order valence-electron chi connectivity index (χ4n) is 2.66. The van der Waals surface area contributed by atoms with Crippen molar-refractivity contribution in [1.29, 1.82) is 5.26 Å². The maximum Gasteiger partial charge on any atom is 0.237 e. The van der Waals surface area contributed by atoms with Crippen LogP contribution in [0.4, 0.5) is 5.69 Å². The van der Waals surface area contributed by atoms with Gasteiger partial charge in [0.15, 0.2) is 0 Å². The minimum Gasteiger partial charge on any atom is -0.311 e. The van der Waals surface area contributed by atoms with Gasteiger partial charge in [0.2, 0.25) is 5.91 Å². The van der Waals surface area contributed by atoms with Crippen molar-refractivity contribution in [2.24, 2.45) is 0 Å². The van der Waals surface area contributed by atoms with Crippen molar-refractivity contribution in [3.05, 3.63) is 59.4 Å². The van der Waals surface area contributed by atoms with Crippen LogP contribution in [0.3, 0.4) is 0 Å². The van der Waals surface area contributed by atoms with E-state index in [0.29, 0.717) is 11.6 Å². The Morgan fingerprint density at radius 1 is 1.26 bits per heavy atom. The van der Waals surface area contributed by atoms with E-state index in [2.05, 4.69) is 16.0 Å². The second-order valence-electron chi connectivity index (χ2n) is 5.87. The van der Waals surface area contributed by atoms with Gasteiger partial charge in [0, 0.05) is 22.6 Å². The Labute approximate surface area is 167 Å². The summed E-state index contributed by atoms with van der Waals surface area (Å²) in [5.41, 5.74) is 2.47. The molecule has 136 valence electrons. The molecule has 0 atom stereocenters. The molecule has 5 nitrogen and oxygen atoms in total. The van der Waals surface area contributed by atoms with Crippen LogP contribution in [-0.4, -0.2) is 28.2 Å². The summed E-state index contributed by atoms with van der Waals surface area (Å²) in [5.74, 6) is 0.133. The maximum atomic E-state index is 12.9. The molecule has 0 radical (unpaired) electrons. The van der Waals surface area contributed by atoms with Crippen molar-refractivity contribution in [3.63, 3.8) is 0 Å². The molecule has 0 bridgehead atoms. The Morgan fingerprint density at radius 3 is 2.85 bits per heavy atom. The summed E-state index contributed by atoms with van der Waals surface area (Å²) < 4.78 is 0. The lowest BCUT2D eigenvalue weighted by molar-refractivity contribution is -0.116. The molecule has 0 N–H and O–H groups in total. The van der Waals surface area contributed by atoms with E-state index in [9.17, 15) is 4.79 Å². The van der Waals surface area contributed by atoms with Crippen molar-refractivity contribution >= 4 is 45.9 Å². The van der Waals surface area contributed by atoms with E-state index in [1.807, 2.05) is 37.3 Å². The monoisotopic (exact) mass is 396 g/mol. The van der Waals surface area contributed by atoms with Crippen LogP contribution in [-0.2, 0) is 4.79 Å². The molecule has 3 aromatic rings. The lowest BCUT2D eigenvalue weighted by Crippen LogP contribution is -2.33. The SMILES string of the molecule is Cc1cc(N(CCC#N)C(=O)CSc2ncnc3ccccc23)ccc1Cl. The number of hydrogen-bond donors (Lipinski definition) is 0. The van der Waals surface area contributed by atoms with E-state index in [1.165, 1.54) is 18.1 Å². The number of hydrogen-bond acceptors (Lipinski definition) is 5.